The minimum absolute atomic E-state index is 0.266. The minimum atomic E-state index is 0.266. The quantitative estimate of drug-likeness (QED) is 0.164. The van der Waals surface area contributed by atoms with Gasteiger partial charge in [-0.3, -0.25) is 0 Å². The molecule has 58 heavy (non-hydrogen) atoms. The van der Waals surface area contributed by atoms with Gasteiger partial charge in [-0.25, -0.2) is 19.7 Å². The normalized spacial score (nSPS) is 11.0. The van der Waals surface area contributed by atoms with Crippen LogP contribution in [0.2, 0.25) is 0 Å². The number of aromatic nitrogens is 4. The van der Waals surface area contributed by atoms with Gasteiger partial charge in [0.25, 0.3) is 0 Å². The van der Waals surface area contributed by atoms with Crippen LogP contribution >= 0.6 is 0 Å². The Kier molecular flexibility index (Phi) is 7.84. The highest BCUT2D eigenvalue weighted by atomic mass is 15.0. The minimum Gasteiger partial charge on any atom is -0.309 e. The van der Waals surface area contributed by atoms with Gasteiger partial charge in [0.2, 0.25) is 0 Å². The number of benzene rings is 7. The third-order valence-corrected chi connectivity index (χ3v) is 10.6. The Hall–Kier alpha value is -8.82. The molecule has 7 aromatic carbocycles. The van der Waals surface area contributed by atoms with E-state index in [2.05, 4.69) is 110 Å². The van der Waals surface area contributed by atoms with Crippen LogP contribution in [-0.2, 0) is 0 Å². The molecule has 0 atom stereocenters. The molecule has 0 aliphatic rings. The molecule has 0 saturated heterocycles. The van der Waals surface area contributed by atoms with Gasteiger partial charge in [0.15, 0.2) is 17.2 Å². The van der Waals surface area contributed by atoms with Crippen LogP contribution in [0.15, 0.2) is 158 Å². The molecule has 0 aliphatic heterocycles. The molecule has 10 rings (SSSR count). The van der Waals surface area contributed by atoms with Crippen molar-refractivity contribution in [1.29, 1.82) is 10.5 Å². The van der Waals surface area contributed by atoms with Crippen LogP contribution in [0.25, 0.3) is 98.6 Å². The second-order valence-corrected chi connectivity index (χ2v) is 13.8. The largest absolute Gasteiger partial charge is 0.309 e. The number of rotatable bonds is 5. The van der Waals surface area contributed by atoms with Crippen molar-refractivity contribution in [3.63, 3.8) is 0 Å². The van der Waals surface area contributed by atoms with E-state index in [0.717, 1.165) is 38.5 Å². The number of nitriles is 2. The van der Waals surface area contributed by atoms with Gasteiger partial charge < -0.3 is 9.13 Å². The average molecular weight is 739 g/mol. The molecule has 0 amide bonds. The van der Waals surface area contributed by atoms with E-state index in [1.807, 2.05) is 36.4 Å². The Balaban J connectivity index is 1.18. The molecule has 266 valence electrons. The molecule has 3 aromatic heterocycles. The highest BCUT2D eigenvalue weighted by Crippen LogP contribution is 2.39. The zero-order chi connectivity index (χ0) is 39.3. The van der Waals surface area contributed by atoms with Gasteiger partial charge in [-0.2, -0.15) is 10.5 Å². The molecule has 0 aliphatic carbocycles. The zero-order valence-corrected chi connectivity index (χ0v) is 30.6. The van der Waals surface area contributed by atoms with Crippen molar-refractivity contribution in [2.24, 2.45) is 0 Å². The van der Waals surface area contributed by atoms with Crippen LogP contribution in [0, 0.1) is 35.8 Å². The highest BCUT2D eigenvalue weighted by molar-refractivity contribution is 6.12. The fourth-order valence-electron chi connectivity index (χ4n) is 8.09. The lowest BCUT2D eigenvalue weighted by molar-refractivity contribution is 1.15. The number of nitrogens with zero attached hydrogens (tertiary/aromatic N) is 8. The van der Waals surface area contributed by atoms with Gasteiger partial charge in [0.1, 0.15) is 0 Å². The van der Waals surface area contributed by atoms with Crippen molar-refractivity contribution in [2.75, 3.05) is 0 Å². The number of para-hydroxylation sites is 3. The molecule has 0 bridgehead atoms. The molecular weight excluding hydrogens is 713 g/mol. The summed E-state index contributed by atoms with van der Waals surface area (Å²) in [6.45, 7) is 15.1. The van der Waals surface area contributed by atoms with Crippen LogP contribution in [0.3, 0.4) is 0 Å². The predicted molar refractivity (Wildman–Crippen MR) is 229 cm³/mol. The summed E-state index contributed by atoms with van der Waals surface area (Å²) >= 11 is 0. The van der Waals surface area contributed by atoms with Crippen molar-refractivity contribution < 1.29 is 0 Å². The van der Waals surface area contributed by atoms with Crippen molar-refractivity contribution in [3.8, 4) is 57.4 Å². The molecule has 3 heterocycles. The van der Waals surface area contributed by atoms with Crippen LogP contribution in [0.4, 0.5) is 11.4 Å². The standard InChI is InChI=1S/C50H26N8/c1-53-35-13-9-11-31(23-35)43-28-44(56-50(55-43)32-12-10-14-36(24-32)54-2)49-33(29-51)25-38(26-34(49)30-52)58-47-20-8-5-17-41(47)42-27-37(21-22-48(42)58)57-45-18-6-3-15-39(45)40-16-4-7-19-46(40)57/h3-28H. The zero-order valence-electron chi connectivity index (χ0n) is 30.6. The third kappa shape index (κ3) is 5.35. The van der Waals surface area contributed by atoms with Crippen LogP contribution in [0.5, 0.6) is 0 Å². The van der Waals surface area contributed by atoms with Crippen molar-refractivity contribution >= 4 is 55.0 Å². The fraction of sp³-hybridized carbons (Fsp3) is 0. The van der Waals surface area contributed by atoms with Crippen LogP contribution < -0.4 is 0 Å². The summed E-state index contributed by atoms with van der Waals surface area (Å²) in [4.78, 5) is 17.0. The first-order valence-corrected chi connectivity index (χ1v) is 18.4. The number of hydrogen-bond donors (Lipinski definition) is 0. The number of fused-ring (bicyclic) bond motifs is 6. The van der Waals surface area contributed by atoms with E-state index in [9.17, 15) is 10.5 Å². The molecule has 8 nitrogen and oxygen atoms in total. The maximum Gasteiger partial charge on any atom is 0.187 e. The molecule has 0 N–H and O–H groups in total. The Labute approximate surface area is 332 Å². The van der Waals surface area contributed by atoms with Gasteiger partial charge in [0.05, 0.1) is 69.9 Å². The van der Waals surface area contributed by atoms with E-state index >= 15 is 0 Å². The lowest BCUT2D eigenvalue weighted by atomic mass is 9.96. The lowest BCUT2D eigenvalue weighted by Gasteiger charge is -2.15. The summed E-state index contributed by atoms with van der Waals surface area (Å²) in [5, 5.41) is 26.0. The molecule has 0 fully saturated rings. The summed E-state index contributed by atoms with van der Waals surface area (Å²) in [7, 11) is 0. The Morgan fingerprint density at radius 3 is 1.53 bits per heavy atom. The smallest absolute Gasteiger partial charge is 0.187 e. The maximum atomic E-state index is 10.8. The molecule has 0 unspecified atom stereocenters. The molecule has 0 radical (unpaired) electrons. The molecule has 0 saturated carbocycles. The summed E-state index contributed by atoms with van der Waals surface area (Å²) in [5.41, 5.74) is 9.74. The Bertz CT molecular complexity index is 3360. The Morgan fingerprint density at radius 2 is 0.948 bits per heavy atom. The van der Waals surface area contributed by atoms with Crippen LogP contribution in [0.1, 0.15) is 11.1 Å². The fourth-order valence-corrected chi connectivity index (χ4v) is 8.09. The molecule has 8 heteroatoms. The molecular formula is C50H26N8. The van der Waals surface area contributed by atoms with Crippen molar-refractivity contribution in [3.05, 3.63) is 192 Å². The van der Waals surface area contributed by atoms with Crippen molar-refractivity contribution in [2.45, 2.75) is 0 Å². The van der Waals surface area contributed by atoms with Crippen molar-refractivity contribution in [1.82, 2.24) is 19.1 Å². The lowest BCUT2D eigenvalue weighted by Crippen LogP contribution is -2.02. The van der Waals surface area contributed by atoms with E-state index in [1.54, 1.807) is 42.5 Å². The molecule has 0 spiro atoms. The summed E-state index contributed by atoms with van der Waals surface area (Å²) < 4.78 is 4.40. The second-order valence-electron chi connectivity index (χ2n) is 13.8. The van der Waals surface area contributed by atoms with Crippen LogP contribution in [-0.4, -0.2) is 19.1 Å². The van der Waals surface area contributed by atoms with Gasteiger partial charge >= 0.3 is 0 Å². The second kappa shape index (κ2) is 13.5. The topological polar surface area (TPSA) is 91.9 Å². The van der Waals surface area contributed by atoms with Gasteiger partial charge in [-0.1, -0.05) is 91.0 Å². The highest BCUT2D eigenvalue weighted by Gasteiger charge is 2.22. The van der Waals surface area contributed by atoms with E-state index in [-0.39, 0.29) is 11.1 Å². The summed E-state index contributed by atoms with van der Waals surface area (Å²) in [5.74, 6) is 0.324. The summed E-state index contributed by atoms with van der Waals surface area (Å²) in [6, 6.07) is 55.7. The first-order chi connectivity index (χ1) is 28.6. The maximum absolute atomic E-state index is 10.8. The van der Waals surface area contributed by atoms with Gasteiger partial charge in [-0.15, -0.1) is 0 Å². The Morgan fingerprint density at radius 1 is 0.448 bits per heavy atom. The number of hydrogen-bond acceptors (Lipinski definition) is 4. The molecule has 10 aromatic rings. The van der Waals surface area contributed by atoms with E-state index in [4.69, 9.17) is 23.1 Å². The monoisotopic (exact) mass is 738 g/mol. The first kappa shape index (κ1) is 33.7. The predicted octanol–water partition coefficient (Wildman–Crippen LogP) is 12.5. The average Bonchev–Trinajstić information content (AvgIpc) is 3.81. The SMILES string of the molecule is [C-]#[N+]c1cccc(-c2cc(-c3c(C#N)cc(-n4c5ccccc5c5cc(-n6c7ccccc7c7ccccc76)ccc54)cc3C#N)nc(-c3cccc([N+]#[C-])c3)n2)c1. The van der Waals surface area contributed by atoms with Gasteiger partial charge in [-0.05, 0) is 72.3 Å². The van der Waals surface area contributed by atoms with E-state index < -0.39 is 0 Å². The first-order valence-electron chi connectivity index (χ1n) is 18.4. The third-order valence-electron chi connectivity index (χ3n) is 10.6. The summed E-state index contributed by atoms with van der Waals surface area (Å²) in [6.07, 6.45) is 0. The van der Waals surface area contributed by atoms with Gasteiger partial charge in [0, 0.05) is 44.0 Å². The van der Waals surface area contributed by atoms with E-state index in [1.165, 1.54) is 10.8 Å². The van der Waals surface area contributed by atoms with E-state index in [0.29, 0.717) is 51.0 Å².